The van der Waals surface area contributed by atoms with Gasteiger partial charge in [-0.3, -0.25) is 9.59 Å². The van der Waals surface area contributed by atoms with Crippen molar-refractivity contribution >= 4 is 11.8 Å². The minimum absolute atomic E-state index is 0.000697. The van der Waals surface area contributed by atoms with Crippen LogP contribution in [0.1, 0.15) is 22.8 Å². The summed E-state index contributed by atoms with van der Waals surface area (Å²) in [5.41, 5.74) is 0.414. The van der Waals surface area contributed by atoms with Crippen molar-refractivity contribution in [3.8, 4) is 0 Å². The maximum Gasteiger partial charge on any atom is 0.257 e. The van der Waals surface area contributed by atoms with Gasteiger partial charge in [0.05, 0.1) is 12.1 Å². The molecule has 0 fully saturated rings. The zero-order chi connectivity index (χ0) is 13.7. The Bertz CT molecular complexity index is 460. The maximum atomic E-state index is 13.8. The predicted octanol–water partition coefficient (Wildman–Crippen LogP) is 1.34. The quantitative estimate of drug-likeness (QED) is 0.879. The van der Waals surface area contributed by atoms with Gasteiger partial charge in [0.1, 0.15) is 5.82 Å². The van der Waals surface area contributed by atoms with Gasteiger partial charge in [0, 0.05) is 13.6 Å². The van der Waals surface area contributed by atoms with E-state index in [1.807, 2.05) is 0 Å². The van der Waals surface area contributed by atoms with E-state index < -0.39 is 11.7 Å². The third-order valence-corrected chi connectivity index (χ3v) is 2.70. The Balaban J connectivity index is 2.97. The van der Waals surface area contributed by atoms with Crippen LogP contribution in [0.5, 0.6) is 0 Å². The van der Waals surface area contributed by atoms with Crippen molar-refractivity contribution in [3.63, 3.8) is 0 Å². The highest BCUT2D eigenvalue weighted by molar-refractivity contribution is 5.96. The van der Waals surface area contributed by atoms with E-state index in [0.717, 1.165) is 0 Å². The second kappa shape index (κ2) is 6.14. The zero-order valence-corrected chi connectivity index (χ0v) is 10.8. The van der Waals surface area contributed by atoms with Crippen LogP contribution in [0.4, 0.5) is 4.39 Å². The highest BCUT2D eigenvalue weighted by atomic mass is 19.1. The van der Waals surface area contributed by atoms with Crippen molar-refractivity contribution in [2.24, 2.45) is 0 Å². The fraction of sp³-hybridized carbons (Fsp3) is 0.385. The summed E-state index contributed by atoms with van der Waals surface area (Å²) in [7, 11) is 1.49. The summed E-state index contributed by atoms with van der Waals surface area (Å²) < 4.78 is 13.8. The lowest BCUT2D eigenvalue weighted by Crippen LogP contribution is -2.39. The van der Waals surface area contributed by atoms with Crippen molar-refractivity contribution in [3.05, 3.63) is 35.1 Å². The van der Waals surface area contributed by atoms with Crippen LogP contribution in [0.15, 0.2) is 18.2 Å². The predicted molar refractivity (Wildman–Crippen MR) is 66.8 cm³/mol. The lowest BCUT2D eigenvalue weighted by Gasteiger charge is -2.20. The lowest BCUT2D eigenvalue weighted by atomic mass is 10.1. The number of rotatable bonds is 4. The van der Waals surface area contributed by atoms with Crippen molar-refractivity contribution in [1.82, 2.24) is 10.2 Å². The van der Waals surface area contributed by atoms with E-state index in [4.69, 9.17) is 0 Å². The summed E-state index contributed by atoms with van der Waals surface area (Å²) in [5, 5.41) is 2.44. The molecule has 1 aromatic carbocycles. The molecule has 0 bridgehead atoms. The molecule has 0 aliphatic carbocycles. The molecule has 0 radical (unpaired) electrons. The summed E-state index contributed by atoms with van der Waals surface area (Å²) in [6, 6.07) is 4.65. The van der Waals surface area contributed by atoms with E-state index >= 15 is 0 Å². The minimum atomic E-state index is -0.530. The number of aryl methyl sites for hydroxylation is 1. The molecule has 1 aromatic rings. The van der Waals surface area contributed by atoms with Gasteiger partial charge in [-0.1, -0.05) is 12.1 Å². The van der Waals surface area contributed by atoms with Gasteiger partial charge in [0.2, 0.25) is 5.91 Å². The first-order chi connectivity index (χ1) is 8.51. The van der Waals surface area contributed by atoms with Crippen LogP contribution in [0, 0.1) is 12.7 Å². The van der Waals surface area contributed by atoms with Gasteiger partial charge in [-0.05, 0) is 25.5 Å². The molecule has 0 spiro atoms. The number of halogens is 1. The molecule has 0 heterocycles. The molecule has 5 heteroatoms. The second-order valence-electron chi connectivity index (χ2n) is 3.93. The van der Waals surface area contributed by atoms with Crippen LogP contribution >= 0.6 is 0 Å². The zero-order valence-electron chi connectivity index (χ0n) is 10.8. The van der Waals surface area contributed by atoms with Gasteiger partial charge in [-0.2, -0.15) is 0 Å². The maximum absolute atomic E-state index is 13.8. The molecule has 2 amide bonds. The Hall–Kier alpha value is -1.91. The Morgan fingerprint density at radius 2 is 2.06 bits per heavy atom. The minimum Gasteiger partial charge on any atom is -0.358 e. The first-order valence-corrected chi connectivity index (χ1v) is 5.76. The SMILES string of the molecule is CCN(CC(=O)NC)C(=O)c1cccc(C)c1F. The average molecular weight is 252 g/mol. The molecule has 0 aromatic heterocycles. The van der Waals surface area contributed by atoms with E-state index in [0.29, 0.717) is 12.1 Å². The fourth-order valence-electron chi connectivity index (χ4n) is 1.56. The molecular weight excluding hydrogens is 235 g/mol. The van der Waals surface area contributed by atoms with Gasteiger partial charge in [0.15, 0.2) is 0 Å². The van der Waals surface area contributed by atoms with E-state index in [9.17, 15) is 14.0 Å². The molecule has 1 rings (SSSR count). The molecule has 4 nitrogen and oxygen atoms in total. The summed E-state index contributed by atoms with van der Waals surface area (Å²) in [5.74, 6) is -1.28. The number of carbonyl (C=O) groups excluding carboxylic acids is 2. The molecule has 0 saturated heterocycles. The molecular formula is C13H17FN2O2. The number of amides is 2. The summed E-state index contributed by atoms with van der Waals surface area (Å²) >= 11 is 0. The smallest absolute Gasteiger partial charge is 0.257 e. The van der Waals surface area contributed by atoms with Gasteiger partial charge < -0.3 is 10.2 Å². The monoisotopic (exact) mass is 252 g/mol. The number of nitrogens with one attached hydrogen (secondary N) is 1. The van der Waals surface area contributed by atoms with E-state index in [-0.39, 0.29) is 18.0 Å². The molecule has 0 aliphatic rings. The topological polar surface area (TPSA) is 49.4 Å². The number of hydrogen-bond donors (Lipinski definition) is 1. The molecule has 0 saturated carbocycles. The Kier molecular flexibility index (Phi) is 4.83. The Morgan fingerprint density at radius 3 is 2.61 bits per heavy atom. The molecule has 18 heavy (non-hydrogen) atoms. The van der Waals surface area contributed by atoms with Crippen LogP contribution in [-0.2, 0) is 4.79 Å². The summed E-state index contributed by atoms with van der Waals surface area (Å²) in [4.78, 5) is 24.7. The number of benzene rings is 1. The number of carbonyl (C=O) groups is 2. The third kappa shape index (κ3) is 3.06. The van der Waals surface area contributed by atoms with Gasteiger partial charge in [-0.25, -0.2) is 4.39 Å². The van der Waals surface area contributed by atoms with Crippen molar-refractivity contribution in [2.75, 3.05) is 20.1 Å². The Labute approximate surface area is 106 Å². The third-order valence-electron chi connectivity index (χ3n) is 2.70. The van der Waals surface area contributed by atoms with E-state index in [1.54, 1.807) is 26.0 Å². The van der Waals surface area contributed by atoms with Crippen LogP contribution in [-0.4, -0.2) is 36.9 Å². The van der Waals surface area contributed by atoms with Crippen molar-refractivity contribution in [1.29, 1.82) is 0 Å². The normalized spacial score (nSPS) is 10.0. The first kappa shape index (κ1) is 14.2. The average Bonchev–Trinajstić information content (AvgIpc) is 2.38. The Morgan fingerprint density at radius 1 is 1.39 bits per heavy atom. The first-order valence-electron chi connectivity index (χ1n) is 5.76. The second-order valence-corrected chi connectivity index (χ2v) is 3.93. The number of likely N-dealkylation sites (N-methyl/N-ethyl adjacent to an activating group) is 2. The lowest BCUT2D eigenvalue weighted by molar-refractivity contribution is -0.121. The van der Waals surface area contributed by atoms with Gasteiger partial charge in [0.25, 0.3) is 5.91 Å². The summed E-state index contributed by atoms with van der Waals surface area (Å²) in [6.07, 6.45) is 0. The van der Waals surface area contributed by atoms with Gasteiger partial charge in [-0.15, -0.1) is 0 Å². The number of nitrogens with zero attached hydrogens (tertiary/aromatic N) is 1. The molecule has 0 aliphatic heterocycles. The highest BCUT2D eigenvalue weighted by Crippen LogP contribution is 2.14. The van der Waals surface area contributed by atoms with Crippen molar-refractivity contribution < 1.29 is 14.0 Å². The van der Waals surface area contributed by atoms with Crippen LogP contribution in [0.3, 0.4) is 0 Å². The van der Waals surface area contributed by atoms with Crippen LogP contribution in [0.2, 0.25) is 0 Å². The molecule has 1 N–H and O–H groups in total. The van der Waals surface area contributed by atoms with Crippen LogP contribution in [0.25, 0.3) is 0 Å². The van der Waals surface area contributed by atoms with Crippen LogP contribution < -0.4 is 5.32 Å². The summed E-state index contributed by atoms with van der Waals surface area (Å²) in [6.45, 7) is 3.62. The van der Waals surface area contributed by atoms with E-state index in [2.05, 4.69) is 5.32 Å². The number of hydrogen-bond acceptors (Lipinski definition) is 2. The van der Waals surface area contributed by atoms with Crippen molar-refractivity contribution in [2.45, 2.75) is 13.8 Å². The van der Waals surface area contributed by atoms with E-state index in [1.165, 1.54) is 18.0 Å². The standard InChI is InChI=1S/C13H17FN2O2/c1-4-16(8-11(17)15-3)13(18)10-7-5-6-9(2)12(10)14/h5-7H,4,8H2,1-3H3,(H,15,17). The molecule has 0 atom stereocenters. The molecule has 98 valence electrons. The fourth-order valence-corrected chi connectivity index (χ4v) is 1.56. The van der Waals surface area contributed by atoms with Gasteiger partial charge >= 0.3 is 0 Å². The molecule has 0 unspecified atom stereocenters. The highest BCUT2D eigenvalue weighted by Gasteiger charge is 2.20. The largest absolute Gasteiger partial charge is 0.358 e.